The highest BCUT2D eigenvalue weighted by Crippen LogP contribution is 2.53. The number of benzene rings is 3. The zero-order chi connectivity index (χ0) is 31.0. The van der Waals surface area contributed by atoms with Crippen molar-refractivity contribution in [3.8, 4) is 26.6 Å². The van der Waals surface area contributed by atoms with Crippen LogP contribution < -0.4 is 9.64 Å². The average Bonchev–Trinajstić information content (AvgIpc) is 3.77. The third-order valence-corrected chi connectivity index (χ3v) is 10.3. The molecule has 0 spiro atoms. The van der Waals surface area contributed by atoms with E-state index in [4.69, 9.17) is 18.9 Å². The van der Waals surface area contributed by atoms with Crippen molar-refractivity contribution < 1.29 is 28.5 Å². The van der Waals surface area contributed by atoms with E-state index in [1.165, 1.54) is 22.7 Å². The zero-order valence-corrected chi connectivity index (χ0v) is 27.1. The summed E-state index contributed by atoms with van der Waals surface area (Å²) in [6, 6.07) is 28.7. The molecule has 0 N–H and O–H groups in total. The van der Waals surface area contributed by atoms with Crippen LogP contribution in [0.5, 0.6) is 5.75 Å². The van der Waals surface area contributed by atoms with Crippen molar-refractivity contribution in [3.05, 3.63) is 94.7 Å². The molecule has 6 rings (SSSR count). The molecule has 3 heterocycles. The molecule has 0 fully saturated rings. The molecule has 0 bridgehead atoms. The maximum Gasteiger partial charge on any atom is 0.160 e. The van der Waals surface area contributed by atoms with Gasteiger partial charge >= 0.3 is 0 Å². The van der Waals surface area contributed by atoms with Crippen molar-refractivity contribution in [3.63, 3.8) is 0 Å². The van der Waals surface area contributed by atoms with Crippen molar-refractivity contribution in [2.24, 2.45) is 0 Å². The van der Waals surface area contributed by atoms with E-state index in [0.717, 1.165) is 66.1 Å². The minimum Gasteiger partial charge on any atom is -0.491 e. The molecule has 0 saturated heterocycles. The lowest BCUT2D eigenvalue weighted by atomic mass is 10.1. The van der Waals surface area contributed by atoms with E-state index in [1.54, 1.807) is 18.9 Å². The second kappa shape index (κ2) is 15.0. The van der Waals surface area contributed by atoms with Gasteiger partial charge in [0.05, 0.1) is 54.2 Å². The van der Waals surface area contributed by atoms with Gasteiger partial charge in [0.25, 0.3) is 0 Å². The monoisotopic (exact) mass is 657 g/mol. The number of nitrogens with zero attached hydrogens (tertiary/aromatic N) is 1. The van der Waals surface area contributed by atoms with Crippen LogP contribution in [0.2, 0.25) is 0 Å². The van der Waals surface area contributed by atoms with Crippen molar-refractivity contribution in [1.29, 1.82) is 0 Å². The number of fused-ring (bicyclic) bond motifs is 2. The molecule has 0 atom stereocenters. The SMILES string of the molecule is COCCOCCOCCOc1ccc(N2c3ccc(-c4ccc(C=O)s4)cc3Sc3cc(-c4ccc(C=O)s4)ccc32)cc1. The molecule has 3 aromatic carbocycles. The molecule has 5 aromatic rings. The number of carbonyl (C=O) groups is 2. The molecular weight excluding hydrogens is 627 g/mol. The topological polar surface area (TPSA) is 74.3 Å². The third-order valence-electron chi connectivity index (χ3n) is 7.07. The van der Waals surface area contributed by atoms with E-state index in [1.807, 2.05) is 36.4 Å². The predicted octanol–water partition coefficient (Wildman–Crippen LogP) is 8.76. The maximum atomic E-state index is 11.3. The quantitative estimate of drug-likeness (QED) is 0.0802. The fourth-order valence-corrected chi connectivity index (χ4v) is 7.69. The molecule has 0 saturated carbocycles. The fraction of sp³-hybridized carbons (Fsp3) is 0.200. The van der Waals surface area contributed by atoms with Crippen LogP contribution in [0.25, 0.3) is 20.9 Å². The van der Waals surface area contributed by atoms with E-state index in [9.17, 15) is 9.59 Å². The Labute approximate surface area is 274 Å². The van der Waals surface area contributed by atoms with Gasteiger partial charge in [-0.3, -0.25) is 9.59 Å². The van der Waals surface area contributed by atoms with E-state index in [2.05, 4.69) is 53.4 Å². The molecule has 1 aliphatic heterocycles. The summed E-state index contributed by atoms with van der Waals surface area (Å²) >= 11 is 4.70. The van der Waals surface area contributed by atoms with Gasteiger partial charge in [-0.25, -0.2) is 0 Å². The summed E-state index contributed by atoms with van der Waals surface area (Å²) in [4.78, 5) is 30.6. The molecular formula is C35H31NO6S3. The first-order valence-electron chi connectivity index (χ1n) is 14.4. The van der Waals surface area contributed by atoms with Crippen molar-refractivity contribution in [1.82, 2.24) is 0 Å². The van der Waals surface area contributed by atoms with Gasteiger partial charge in [-0.05, 0) is 83.9 Å². The Balaban J connectivity index is 1.23. The van der Waals surface area contributed by atoms with E-state index in [0.29, 0.717) is 49.4 Å². The van der Waals surface area contributed by atoms with E-state index >= 15 is 0 Å². The van der Waals surface area contributed by atoms with Crippen LogP contribution >= 0.6 is 34.4 Å². The van der Waals surface area contributed by atoms with Crippen LogP contribution in [-0.2, 0) is 14.2 Å². The van der Waals surface area contributed by atoms with Crippen LogP contribution in [0, 0.1) is 0 Å². The Morgan fingerprint density at radius 2 is 1.16 bits per heavy atom. The molecule has 2 aromatic heterocycles. The second-order valence-corrected chi connectivity index (χ2v) is 13.3. The maximum absolute atomic E-state index is 11.3. The van der Waals surface area contributed by atoms with Gasteiger partial charge in [-0.1, -0.05) is 23.9 Å². The number of aldehydes is 2. The largest absolute Gasteiger partial charge is 0.491 e. The lowest BCUT2D eigenvalue weighted by Gasteiger charge is -2.33. The Kier molecular flexibility index (Phi) is 10.4. The Morgan fingerprint density at radius 3 is 1.67 bits per heavy atom. The standard InChI is InChI=1S/C35H31NO6S3/c1-39-14-15-40-16-17-41-18-19-42-27-6-4-26(5-7-27)36-30-10-2-24(32-12-8-28(22-37)43-32)20-34(30)45-35-21-25(3-11-31(35)36)33-13-9-29(23-38)44-33/h2-13,20-23H,14-19H2,1H3. The van der Waals surface area contributed by atoms with Gasteiger partial charge in [0, 0.05) is 32.3 Å². The Hall–Kier alpha value is -3.77. The van der Waals surface area contributed by atoms with Gasteiger partial charge in [0.1, 0.15) is 12.4 Å². The van der Waals surface area contributed by atoms with E-state index in [-0.39, 0.29) is 0 Å². The molecule has 45 heavy (non-hydrogen) atoms. The fourth-order valence-electron chi connectivity index (χ4n) is 4.91. The lowest BCUT2D eigenvalue weighted by Crippen LogP contribution is -2.15. The highest BCUT2D eigenvalue weighted by molar-refractivity contribution is 7.99. The summed E-state index contributed by atoms with van der Waals surface area (Å²) in [6.45, 7) is 3.09. The number of hydrogen-bond donors (Lipinski definition) is 0. The highest BCUT2D eigenvalue weighted by atomic mass is 32.2. The number of anilines is 3. The van der Waals surface area contributed by atoms with Crippen LogP contribution in [0.4, 0.5) is 17.1 Å². The molecule has 7 nitrogen and oxygen atoms in total. The zero-order valence-electron chi connectivity index (χ0n) is 24.6. The van der Waals surface area contributed by atoms with Crippen molar-refractivity contribution in [2.45, 2.75) is 9.79 Å². The summed E-state index contributed by atoms with van der Waals surface area (Å²) in [7, 11) is 1.65. The van der Waals surface area contributed by atoms with Crippen molar-refractivity contribution >= 4 is 64.1 Å². The molecule has 0 aliphatic carbocycles. The summed E-state index contributed by atoms with van der Waals surface area (Å²) in [5.74, 6) is 0.767. The minimum atomic E-state index is 0.443. The first kappa shape index (κ1) is 31.2. The van der Waals surface area contributed by atoms with Crippen LogP contribution in [0.15, 0.2) is 94.7 Å². The Morgan fingerprint density at radius 1 is 0.622 bits per heavy atom. The molecule has 0 radical (unpaired) electrons. The summed E-state index contributed by atoms with van der Waals surface area (Å²) in [6.07, 6.45) is 1.78. The van der Waals surface area contributed by atoms with Crippen molar-refractivity contribution in [2.75, 3.05) is 51.7 Å². The first-order valence-corrected chi connectivity index (χ1v) is 16.9. The summed E-state index contributed by atoms with van der Waals surface area (Å²) in [5.41, 5.74) is 5.30. The van der Waals surface area contributed by atoms with Crippen LogP contribution in [-0.4, -0.2) is 59.3 Å². The van der Waals surface area contributed by atoms with Crippen LogP contribution in [0.1, 0.15) is 19.3 Å². The third kappa shape index (κ3) is 7.38. The average molecular weight is 658 g/mol. The summed E-state index contributed by atoms with van der Waals surface area (Å²) in [5, 5.41) is 0. The van der Waals surface area contributed by atoms with Gasteiger partial charge in [-0.2, -0.15) is 0 Å². The number of carbonyl (C=O) groups excluding carboxylic acids is 2. The van der Waals surface area contributed by atoms with E-state index < -0.39 is 0 Å². The number of ether oxygens (including phenoxy) is 4. The molecule has 230 valence electrons. The summed E-state index contributed by atoms with van der Waals surface area (Å²) < 4.78 is 21.9. The van der Waals surface area contributed by atoms with Crippen LogP contribution in [0.3, 0.4) is 0 Å². The second-order valence-electron chi connectivity index (χ2n) is 10.0. The van der Waals surface area contributed by atoms with Gasteiger partial charge in [0.15, 0.2) is 12.6 Å². The minimum absolute atomic E-state index is 0.443. The predicted molar refractivity (Wildman–Crippen MR) is 182 cm³/mol. The first-order chi connectivity index (χ1) is 22.2. The lowest BCUT2D eigenvalue weighted by molar-refractivity contribution is 0.0180. The normalized spacial score (nSPS) is 12.1. The highest BCUT2D eigenvalue weighted by Gasteiger charge is 2.26. The number of methoxy groups -OCH3 is 1. The molecule has 0 amide bonds. The molecule has 0 unspecified atom stereocenters. The number of thiophene rings is 2. The molecule has 1 aliphatic rings. The molecule has 10 heteroatoms. The smallest absolute Gasteiger partial charge is 0.160 e. The number of hydrogen-bond acceptors (Lipinski definition) is 10. The van der Waals surface area contributed by atoms with Gasteiger partial charge in [-0.15, -0.1) is 22.7 Å². The Bertz CT molecular complexity index is 1670. The van der Waals surface area contributed by atoms with Gasteiger partial charge in [0.2, 0.25) is 0 Å². The number of rotatable bonds is 15. The van der Waals surface area contributed by atoms with Gasteiger partial charge < -0.3 is 23.8 Å².